The highest BCUT2D eigenvalue weighted by molar-refractivity contribution is 7.47. The third-order valence-corrected chi connectivity index (χ3v) is 12.0. The van der Waals surface area contributed by atoms with Crippen LogP contribution in [0.3, 0.4) is 0 Å². The molecular weight excluding hydrogens is 952 g/mol. The lowest BCUT2D eigenvalue weighted by Crippen LogP contribution is -2.30. The highest BCUT2D eigenvalue weighted by Crippen LogP contribution is 2.43. The Morgan fingerprint density at radius 1 is 0.405 bits per heavy atom. The molecule has 11 nitrogen and oxygen atoms in total. The lowest BCUT2D eigenvalue weighted by molar-refractivity contribution is -0.161. The van der Waals surface area contributed by atoms with Gasteiger partial charge in [-0.25, -0.2) is 4.57 Å². The van der Waals surface area contributed by atoms with Crippen LogP contribution in [0.1, 0.15) is 201 Å². The van der Waals surface area contributed by atoms with Crippen molar-refractivity contribution >= 4 is 25.7 Å². The van der Waals surface area contributed by atoms with Gasteiger partial charge in [-0.05, 0) is 116 Å². The van der Waals surface area contributed by atoms with Crippen LogP contribution in [0, 0.1) is 0 Å². The monoisotopic (exact) mass is 1050 g/mol. The zero-order valence-electron chi connectivity index (χ0n) is 46.0. The van der Waals surface area contributed by atoms with Gasteiger partial charge in [0.1, 0.15) is 12.7 Å². The Balaban J connectivity index is 4.91. The second-order valence-corrected chi connectivity index (χ2v) is 19.4. The van der Waals surface area contributed by atoms with Crippen molar-refractivity contribution in [1.29, 1.82) is 0 Å². The van der Waals surface area contributed by atoms with E-state index in [4.69, 9.17) is 23.3 Å². The minimum absolute atomic E-state index is 0.0194. The Bertz CT molecular complexity index is 1750. The fraction of sp³-hybridized carbons (Fsp3) is 0.597. The van der Waals surface area contributed by atoms with E-state index in [-0.39, 0.29) is 19.3 Å². The number of phosphoric ester groups is 1. The van der Waals surface area contributed by atoms with Crippen molar-refractivity contribution in [3.05, 3.63) is 134 Å². The summed E-state index contributed by atoms with van der Waals surface area (Å²) in [5, 5.41) is 9.81. The molecule has 0 aliphatic heterocycles. The normalized spacial score (nSPS) is 14.4. The predicted octanol–water partition coefficient (Wildman–Crippen LogP) is 16.6. The maximum Gasteiger partial charge on any atom is 0.472 e. The van der Waals surface area contributed by atoms with Gasteiger partial charge < -0.3 is 24.2 Å². The maximum atomic E-state index is 12.9. The molecule has 74 heavy (non-hydrogen) atoms. The molecule has 0 bridgehead atoms. The Labute approximate surface area is 449 Å². The molecule has 0 aliphatic carbocycles. The molecule has 0 amide bonds. The van der Waals surface area contributed by atoms with Gasteiger partial charge in [0.05, 0.1) is 26.2 Å². The first-order chi connectivity index (χ1) is 36.2. The van der Waals surface area contributed by atoms with E-state index < -0.39 is 64.4 Å². The van der Waals surface area contributed by atoms with Crippen LogP contribution in [-0.2, 0) is 42.2 Å². The number of carbonyl (C=O) groups excluding carboxylic acids is 3. The molecule has 0 aromatic heterocycles. The summed E-state index contributed by atoms with van der Waals surface area (Å²) in [6, 6.07) is 0. The average molecular weight is 1050 g/mol. The minimum Gasteiger partial charge on any atom is -0.461 e. The van der Waals surface area contributed by atoms with E-state index >= 15 is 0 Å². The molecule has 0 saturated carbocycles. The fourth-order valence-electron chi connectivity index (χ4n) is 6.86. The van der Waals surface area contributed by atoms with E-state index in [1.807, 2.05) is 12.2 Å². The first-order valence-electron chi connectivity index (χ1n) is 28.1. The molecule has 3 unspecified atom stereocenters. The van der Waals surface area contributed by atoms with E-state index in [9.17, 15) is 28.9 Å². The molecular formula is C62H99O11P. The van der Waals surface area contributed by atoms with Crippen LogP contribution < -0.4 is 0 Å². The number of hydrogen-bond donors (Lipinski definition) is 2. The first kappa shape index (κ1) is 69.6. The molecule has 0 rings (SSSR count). The highest BCUT2D eigenvalue weighted by atomic mass is 31.2. The second-order valence-electron chi connectivity index (χ2n) is 18.0. The summed E-state index contributed by atoms with van der Waals surface area (Å²) in [5.74, 6) is -1.68. The molecule has 0 fully saturated rings. The Morgan fingerprint density at radius 2 is 0.743 bits per heavy atom. The number of allylic oxidation sites excluding steroid dienone is 21. The summed E-state index contributed by atoms with van der Waals surface area (Å²) >= 11 is 0. The quantitative estimate of drug-likeness (QED) is 0.0197. The van der Waals surface area contributed by atoms with Crippen LogP contribution in [0.4, 0.5) is 0 Å². The van der Waals surface area contributed by atoms with Crippen molar-refractivity contribution in [2.24, 2.45) is 0 Å². The summed E-state index contributed by atoms with van der Waals surface area (Å²) < 4.78 is 39.3. The molecule has 0 spiro atoms. The van der Waals surface area contributed by atoms with E-state index in [1.54, 1.807) is 6.08 Å². The number of unbranched alkanes of at least 4 members (excludes halogenated alkanes) is 12. The van der Waals surface area contributed by atoms with Crippen LogP contribution >= 0.6 is 7.82 Å². The van der Waals surface area contributed by atoms with Crippen molar-refractivity contribution in [3.63, 3.8) is 0 Å². The molecule has 418 valence electrons. The second kappa shape index (κ2) is 54.9. The number of ether oxygens (including phenoxy) is 3. The van der Waals surface area contributed by atoms with Crippen LogP contribution in [0.2, 0.25) is 0 Å². The van der Waals surface area contributed by atoms with Crippen LogP contribution in [0.25, 0.3) is 0 Å². The van der Waals surface area contributed by atoms with Gasteiger partial charge in [0.2, 0.25) is 0 Å². The smallest absolute Gasteiger partial charge is 0.461 e. The van der Waals surface area contributed by atoms with E-state index in [0.29, 0.717) is 19.3 Å². The number of esters is 3. The van der Waals surface area contributed by atoms with Crippen LogP contribution in [0.5, 0.6) is 0 Å². The number of aliphatic hydroxyl groups excluding tert-OH is 1. The first-order valence-corrected chi connectivity index (χ1v) is 29.6. The standard InChI is InChI=1S/C62H99O11P/c1-4-7-10-13-16-19-22-25-28-29-32-35-38-41-44-47-50-53-62(66)73-59(55-69-60(64)51-48-45-42-39-36-33-30-26-23-20-17-14-11-8-5-2)57-71-74(67,68)70-56-58(54-63)72-61(65)52-49-46-43-40-37-34-31-27-24-21-18-15-12-9-6-3/h7-8,10-11,16-21,25-28,30-32,35-36,39,45,48,58-59,63H,4-6,9,12-15,22-24,29,33-34,37-38,40-44,46-47,49-57H2,1-3H3,(H,67,68)/b10-7-,11-8-,19-16-,20-17-,21-18-,28-25-,30-26-,31-27-,35-32-,39-36-,48-45-. The molecule has 0 heterocycles. The van der Waals surface area contributed by atoms with Gasteiger partial charge in [0.15, 0.2) is 6.10 Å². The summed E-state index contributed by atoms with van der Waals surface area (Å²) in [6.07, 6.45) is 68.7. The van der Waals surface area contributed by atoms with Crippen molar-refractivity contribution < 1.29 is 52.2 Å². The summed E-state index contributed by atoms with van der Waals surface area (Å²) in [4.78, 5) is 48.4. The highest BCUT2D eigenvalue weighted by Gasteiger charge is 2.28. The molecule has 3 atom stereocenters. The number of carbonyl (C=O) groups is 3. The van der Waals surface area contributed by atoms with Crippen molar-refractivity contribution in [3.8, 4) is 0 Å². The molecule has 0 aromatic carbocycles. The SMILES string of the molecule is CC/C=C\C/C=C\C/C=C\C/C=C\C/C=C\CC(=O)OCC(COP(=O)(O)OCC(CO)OC(=O)CCCCCCC/C=C\C/C=C\CCCCC)OC(=O)CCCCCC/C=C\C/C=C\C/C=C\C/C=C\CC. The van der Waals surface area contributed by atoms with Crippen molar-refractivity contribution in [1.82, 2.24) is 0 Å². The maximum absolute atomic E-state index is 12.9. The minimum atomic E-state index is -4.79. The van der Waals surface area contributed by atoms with Gasteiger partial charge in [0, 0.05) is 12.8 Å². The fourth-order valence-corrected chi connectivity index (χ4v) is 7.64. The van der Waals surface area contributed by atoms with Crippen LogP contribution in [0.15, 0.2) is 134 Å². The van der Waals surface area contributed by atoms with Gasteiger partial charge in [0.25, 0.3) is 0 Å². The van der Waals surface area contributed by atoms with E-state index in [1.165, 1.54) is 19.3 Å². The number of phosphoric acid groups is 1. The molecule has 0 radical (unpaired) electrons. The summed E-state index contributed by atoms with van der Waals surface area (Å²) in [5.41, 5.74) is 0. The third kappa shape index (κ3) is 52.5. The predicted molar refractivity (Wildman–Crippen MR) is 306 cm³/mol. The number of hydrogen-bond acceptors (Lipinski definition) is 10. The van der Waals surface area contributed by atoms with Crippen molar-refractivity contribution in [2.45, 2.75) is 213 Å². The molecule has 12 heteroatoms. The molecule has 0 aliphatic rings. The van der Waals surface area contributed by atoms with Gasteiger partial charge in [-0.2, -0.15) is 0 Å². The van der Waals surface area contributed by atoms with Gasteiger partial charge in [-0.3, -0.25) is 23.4 Å². The van der Waals surface area contributed by atoms with Gasteiger partial charge in [-0.1, -0.05) is 199 Å². The molecule has 2 N–H and O–H groups in total. The zero-order valence-corrected chi connectivity index (χ0v) is 46.9. The largest absolute Gasteiger partial charge is 0.472 e. The lowest BCUT2D eigenvalue weighted by Gasteiger charge is -2.21. The third-order valence-electron chi connectivity index (χ3n) is 11.1. The molecule has 0 aromatic rings. The van der Waals surface area contributed by atoms with E-state index in [0.717, 1.165) is 122 Å². The van der Waals surface area contributed by atoms with E-state index in [2.05, 4.69) is 136 Å². The average Bonchev–Trinajstić information content (AvgIpc) is 3.39. The topological polar surface area (TPSA) is 155 Å². The van der Waals surface area contributed by atoms with Gasteiger partial charge >= 0.3 is 25.7 Å². The zero-order chi connectivity index (χ0) is 54.1. The summed E-state index contributed by atoms with van der Waals surface area (Å²) in [7, 11) is -4.79. The molecule has 0 saturated heterocycles. The number of rotatable bonds is 50. The number of aliphatic hydroxyl groups is 1. The summed E-state index contributed by atoms with van der Waals surface area (Å²) in [6.45, 7) is 4.21. The van der Waals surface area contributed by atoms with Gasteiger partial charge in [-0.15, -0.1) is 0 Å². The Kier molecular flexibility index (Phi) is 51.6. The Hall–Kier alpha value is -4.38. The van der Waals surface area contributed by atoms with Crippen molar-refractivity contribution in [2.75, 3.05) is 26.4 Å². The lowest BCUT2D eigenvalue weighted by atomic mass is 10.1. The Morgan fingerprint density at radius 3 is 1.15 bits per heavy atom. The van der Waals surface area contributed by atoms with Crippen LogP contribution in [-0.4, -0.2) is 66.5 Å².